The number of rotatable bonds is 5. The van der Waals surface area contributed by atoms with Gasteiger partial charge in [-0.25, -0.2) is 0 Å². The van der Waals surface area contributed by atoms with Crippen molar-refractivity contribution in [3.8, 4) is 5.75 Å². The second-order valence-corrected chi connectivity index (χ2v) is 4.88. The quantitative estimate of drug-likeness (QED) is 0.871. The normalized spacial score (nSPS) is 15.2. The summed E-state index contributed by atoms with van der Waals surface area (Å²) in [5.74, 6) is 0.829. The molecule has 0 saturated carbocycles. The van der Waals surface area contributed by atoms with Gasteiger partial charge in [-0.15, -0.1) is 0 Å². The monoisotopic (exact) mass is 278 g/mol. The minimum absolute atomic E-state index is 0.0203. The molecular weight excluding hydrogens is 256 g/mol. The van der Waals surface area contributed by atoms with Crippen LogP contribution in [0, 0.1) is 6.92 Å². The molecule has 20 heavy (non-hydrogen) atoms. The van der Waals surface area contributed by atoms with Gasteiger partial charge in [0.25, 0.3) is 5.91 Å². The predicted molar refractivity (Wildman–Crippen MR) is 76.8 cm³/mol. The molecule has 0 spiro atoms. The van der Waals surface area contributed by atoms with Crippen LogP contribution in [0.15, 0.2) is 18.2 Å². The maximum absolute atomic E-state index is 12.1. The first kappa shape index (κ1) is 14.8. The molecule has 1 aromatic rings. The van der Waals surface area contributed by atoms with E-state index in [-0.39, 0.29) is 12.5 Å². The van der Waals surface area contributed by atoms with E-state index in [0.717, 1.165) is 23.4 Å². The number of morpholine rings is 1. The molecule has 2 rings (SSSR count). The van der Waals surface area contributed by atoms with E-state index < -0.39 is 0 Å². The zero-order valence-electron chi connectivity index (χ0n) is 12.1. The molecule has 0 bridgehead atoms. The number of benzene rings is 1. The number of amides is 1. The van der Waals surface area contributed by atoms with Crippen LogP contribution in [0.3, 0.4) is 0 Å². The summed E-state index contributed by atoms with van der Waals surface area (Å²) in [4.78, 5) is 13.9. The molecule has 1 heterocycles. The minimum atomic E-state index is 0.0203. The molecule has 0 aromatic heterocycles. The lowest BCUT2D eigenvalue weighted by Crippen LogP contribution is -2.43. The van der Waals surface area contributed by atoms with Gasteiger partial charge in [-0.2, -0.15) is 0 Å². The summed E-state index contributed by atoms with van der Waals surface area (Å²) in [5, 5.41) is 3.11. The molecule has 0 atom stereocenters. The average molecular weight is 278 g/mol. The third kappa shape index (κ3) is 3.71. The Morgan fingerprint density at radius 3 is 2.85 bits per heavy atom. The van der Waals surface area contributed by atoms with Crippen molar-refractivity contribution in [2.45, 2.75) is 13.5 Å². The fourth-order valence-electron chi connectivity index (χ4n) is 2.29. The summed E-state index contributed by atoms with van der Waals surface area (Å²) in [7, 11) is 1.89. The molecule has 1 N–H and O–H groups in total. The first-order valence-electron chi connectivity index (χ1n) is 6.94. The van der Waals surface area contributed by atoms with Crippen molar-refractivity contribution >= 4 is 5.91 Å². The molecule has 0 radical (unpaired) electrons. The fraction of sp³-hybridized carbons (Fsp3) is 0.533. The van der Waals surface area contributed by atoms with E-state index in [4.69, 9.17) is 9.47 Å². The van der Waals surface area contributed by atoms with E-state index in [1.54, 1.807) is 4.90 Å². The Morgan fingerprint density at radius 1 is 1.40 bits per heavy atom. The molecule has 5 nitrogen and oxygen atoms in total. The Hall–Kier alpha value is -1.59. The highest BCUT2D eigenvalue weighted by molar-refractivity contribution is 5.78. The summed E-state index contributed by atoms with van der Waals surface area (Å²) in [5.41, 5.74) is 2.12. The lowest BCUT2D eigenvalue weighted by molar-refractivity contribution is -0.137. The molecule has 0 aliphatic carbocycles. The highest BCUT2D eigenvalue weighted by atomic mass is 16.5. The van der Waals surface area contributed by atoms with Gasteiger partial charge in [0.15, 0.2) is 6.61 Å². The lowest BCUT2D eigenvalue weighted by Gasteiger charge is -2.27. The Kier molecular flexibility index (Phi) is 5.38. The lowest BCUT2D eigenvalue weighted by atomic mass is 10.1. The standard InChI is InChI=1S/C15H22N2O3/c1-12-4-3-5-13(10-16-2)15(12)20-11-14(18)17-6-8-19-9-7-17/h3-5,16H,6-11H2,1-2H3. The molecule has 0 unspecified atom stereocenters. The van der Waals surface area contributed by atoms with Crippen LogP contribution in [-0.4, -0.2) is 50.8 Å². The summed E-state index contributed by atoms with van der Waals surface area (Å²) < 4.78 is 11.0. The van der Waals surface area contributed by atoms with Crippen LogP contribution in [0.4, 0.5) is 0 Å². The van der Waals surface area contributed by atoms with Crippen molar-refractivity contribution < 1.29 is 14.3 Å². The largest absolute Gasteiger partial charge is 0.483 e. The average Bonchev–Trinajstić information content (AvgIpc) is 2.47. The maximum atomic E-state index is 12.1. The first-order chi connectivity index (χ1) is 9.72. The smallest absolute Gasteiger partial charge is 0.260 e. The van der Waals surface area contributed by atoms with Crippen LogP contribution in [0.25, 0.3) is 0 Å². The van der Waals surface area contributed by atoms with Gasteiger partial charge in [-0.1, -0.05) is 18.2 Å². The SMILES string of the molecule is CNCc1cccc(C)c1OCC(=O)N1CCOCC1. The molecule has 110 valence electrons. The Labute approximate surface area is 119 Å². The minimum Gasteiger partial charge on any atom is -0.483 e. The van der Waals surface area contributed by atoms with Crippen LogP contribution in [0.5, 0.6) is 5.75 Å². The zero-order valence-corrected chi connectivity index (χ0v) is 12.1. The molecule has 1 fully saturated rings. The Morgan fingerprint density at radius 2 is 2.15 bits per heavy atom. The second kappa shape index (κ2) is 7.26. The van der Waals surface area contributed by atoms with Crippen molar-refractivity contribution in [1.82, 2.24) is 10.2 Å². The fourth-order valence-corrected chi connectivity index (χ4v) is 2.29. The van der Waals surface area contributed by atoms with E-state index in [1.807, 2.05) is 32.2 Å². The first-order valence-corrected chi connectivity index (χ1v) is 6.94. The number of nitrogens with one attached hydrogen (secondary N) is 1. The molecular formula is C15H22N2O3. The highest BCUT2D eigenvalue weighted by Crippen LogP contribution is 2.23. The van der Waals surface area contributed by atoms with E-state index in [9.17, 15) is 4.79 Å². The topological polar surface area (TPSA) is 50.8 Å². The van der Waals surface area contributed by atoms with Crippen molar-refractivity contribution in [2.75, 3.05) is 40.0 Å². The molecule has 5 heteroatoms. The summed E-state index contributed by atoms with van der Waals surface area (Å²) in [6.07, 6.45) is 0. The number of carbonyl (C=O) groups excluding carboxylic acids is 1. The Bertz CT molecular complexity index is 456. The number of hydrogen-bond acceptors (Lipinski definition) is 4. The summed E-state index contributed by atoms with van der Waals surface area (Å²) >= 11 is 0. The van der Waals surface area contributed by atoms with Crippen LogP contribution < -0.4 is 10.1 Å². The van der Waals surface area contributed by atoms with Gasteiger partial charge in [0, 0.05) is 25.2 Å². The molecule has 1 aliphatic heterocycles. The molecule has 1 aliphatic rings. The van der Waals surface area contributed by atoms with Gasteiger partial charge >= 0.3 is 0 Å². The van der Waals surface area contributed by atoms with E-state index >= 15 is 0 Å². The van der Waals surface area contributed by atoms with E-state index in [0.29, 0.717) is 26.3 Å². The third-order valence-electron chi connectivity index (χ3n) is 3.36. The number of ether oxygens (including phenoxy) is 2. The number of nitrogens with zero attached hydrogens (tertiary/aromatic N) is 1. The van der Waals surface area contributed by atoms with Gasteiger partial charge < -0.3 is 19.7 Å². The number of aryl methyl sites for hydroxylation is 1. The third-order valence-corrected chi connectivity index (χ3v) is 3.36. The van der Waals surface area contributed by atoms with Crippen LogP contribution in [0.2, 0.25) is 0 Å². The number of carbonyl (C=O) groups is 1. The van der Waals surface area contributed by atoms with Gasteiger partial charge in [0.1, 0.15) is 5.75 Å². The van der Waals surface area contributed by atoms with Crippen molar-refractivity contribution in [3.63, 3.8) is 0 Å². The van der Waals surface area contributed by atoms with Gasteiger partial charge in [0.2, 0.25) is 0 Å². The maximum Gasteiger partial charge on any atom is 0.260 e. The van der Waals surface area contributed by atoms with Crippen molar-refractivity contribution in [2.24, 2.45) is 0 Å². The van der Waals surface area contributed by atoms with Gasteiger partial charge in [-0.05, 0) is 19.5 Å². The highest BCUT2D eigenvalue weighted by Gasteiger charge is 2.18. The van der Waals surface area contributed by atoms with Crippen molar-refractivity contribution in [3.05, 3.63) is 29.3 Å². The molecule has 1 saturated heterocycles. The van der Waals surface area contributed by atoms with Gasteiger partial charge in [-0.3, -0.25) is 4.79 Å². The summed E-state index contributed by atoms with van der Waals surface area (Å²) in [6.45, 7) is 5.33. The zero-order chi connectivity index (χ0) is 14.4. The van der Waals surface area contributed by atoms with E-state index in [2.05, 4.69) is 5.32 Å². The van der Waals surface area contributed by atoms with Crippen LogP contribution in [-0.2, 0) is 16.1 Å². The predicted octanol–water partition coefficient (Wildman–Crippen LogP) is 0.952. The van der Waals surface area contributed by atoms with Crippen LogP contribution >= 0.6 is 0 Å². The van der Waals surface area contributed by atoms with Gasteiger partial charge in [0.05, 0.1) is 13.2 Å². The second-order valence-electron chi connectivity index (χ2n) is 4.88. The molecule has 1 aromatic carbocycles. The summed E-state index contributed by atoms with van der Waals surface area (Å²) in [6, 6.07) is 6.00. The number of para-hydroxylation sites is 1. The molecule has 1 amide bonds. The van der Waals surface area contributed by atoms with Crippen LogP contribution in [0.1, 0.15) is 11.1 Å². The van der Waals surface area contributed by atoms with E-state index in [1.165, 1.54) is 0 Å². The Balaban J connectivity index is 1.97. The number of hydrogen-bond donors (Lipinski definition) is 1. The van der Waals surface area contributed by atoms with Crippen molar-refractivity contribution in [1.29, 1.82) is 0 Å².